The molecule has 116 valence electrons. The fourth-order valence-corrected chi connectivity index (χ4v) is 3.74. The second-order valence-corrected chi connectivity index (χ2v) is 6.78. The molecule has 1 aromatic carbocycles. The summed E-state index contributed by atoms with van der Waals surface area (Å²) in [6.45, 7) is 1.76. The van der Waals surface area contributed by atoms with Crippen LogP contribution in [-0.4, -0.2) is 18.0 Å². The van der Waals surface area contributed by atoms with Crippen molar-refractivity contribution in [1.29, 1.82) is 0 Å². The van der Waals surface area contributed by atoms with Gasteiger partial charge in [-0.15, -0.1) is 0 Å². The molecule has 22 heavy (non-hydrogen) atoms. The van der Waals surface area contributed by atoms with E-state index in [4.69, 9.17) is 0 Å². The van der Waals surface area contributed by atoms with Crippen molar-refractivity contribution in [2.24, 2.45) is 17.3 Å². The Labute approximate surface area is 130 Å². The Bertz CT molecular complexity index is 617. The van der Waals surface area contributed by atoms with E-state index in [9.17, 15) is 14.4 Å². The number of carbonyl (C=O) groups excluding carboxylic acids is 3. The van der Waals surface area contributed by atoms with Gasteiger partial charge in [-0.1, -0.05) is 12.1 Å². The number of rotatable bonds is 3. The zero-order valence-electron chi connectivity index (χ0n) is 12.8. The van der Waals surface area contributed by atoms with Gasteiger partial charge in [0.15, 0.2) is 5.78 Å². The lowest BCUT2D eigenvalue weighted by Gasteiger charge is -2.36. The Morgan fingerprint density at radius 1 is 1.18 bits per heavy atom. The van der Waals surface area contributed by atoms with Crippen LogP contribution < -0.4 is 5.32 Å². The summed E-state index contributed by atoms with van der Waals surface area (Å²) in [5.41, 5.74) is 0.221. The summed E-state index contributed by atoms with van der Waals surface area (Å²) >= 11 is 0. The molecule has 0 aromatic heterocycles. The molecular weight excluding hydrogens is 278 g/mol. The minimum atomic E-state index is -0.993. The standard InChI is InChI=1S/C18H21NO3/c1-18(10-12-6-8-13(11-20)9-7-12)16(21)14-4-2-3-5-15(14)19-17(18)22/h2-5,11-13H,6-10H2,1H3,(H,19,22). The van der Waals surface area contributed by atoms with Gasteiger partial charge in [-0.3, -0.25) is 9.59 Å². The summed E-state index contributed by atoms with van der Waals surface area (Å²) in [5, 5.41) is 2.87. The predicted octanol–water partition coefficient (Wildman–Crippen LogP) is 3.22. The van der Waals surface area contributed by atoms with Crippen LogP contribution in [-0.2, 0) is 9.59 Å². The third kappa shape index (κ3) is 2.47. The fraction of sp³-hybridized carbons (Fsp3) is 0.500. The van der Waals surface area contributed by atoms with Crippen LogP contribution in [0.4, 0.5) is 5.69 Å². The molecule has 0 bridgehead atoms. The summed E-state index contributed by atoms with van der Waals surface area (Å²) in [5.74, 6) is 0.208. The summed E-state index contributed by atoms with van der Waals surface area (Å²) < 4.78 is 0. The number of fused-ring (bicyclic) bond motifs is 1. The van der Waals surface area contributed by atoms with Gasteiger partial charge < -0.3 is 10.1 Å². The highest BCUT2D eigenvalue weighted by atomic mass is 16.2. The van der Waals surface area contributed by atoms with E-state index >= 15 is 0 Å². The maximum absolute atomic E-state index is 12.8. The van der Waals surface area contributed by atoms with Gasteiger partial charge in [0, 0.05) is 11.5 Å². The molecule has 1 unspecified atom stereocenters. The van der Waals surface area contributed by atoms with Crippen LogP contribution in [0.3, 0.4) is 0 Å². The molecule has 2 aliphatic rings. The van der Waals surface area contributed by atoms with Crippen molar-refractivity contribution in [1.82, 2.24) is 0 Å². The van der Waals surface area contributed by atoms with E-state index in [0.29, 0.717) is 23.6 Å². The molecular formula is C18H21NO3. The van der Waals surface area contributed by atoms with E-state index in [0.717, 1.165) is 32.0 Å². The Morgan fingerprint density at radius 2 is 1.86 bits per heavy atom. The highest BCUT2D eigenvalue weighted by Gasteiger charge is 2.47. The molecule has 1 amide bonds. The SMILES string of the molecule is CC1(CC2CCC(C=O)CC2)C(=O)Nc2ccccc2C1=O. The van der Waals surface area contributed by atoms with Gasteiger partial charge >= 0.3 is 0 Å². The van der Waals surface area contributed by atoms with Crippen LogP contribution in [0.2, 0.25) is 0 Å². The van der Waals surface area contributed by atoms with Crippen molar-refractivity contribution < 1.29 is 14.4 Å². The minimum absolute atomic E-state index is 0.0793. The normalized spacial score (nSPS) is 31.3. The number of hydrogen-bond donors (Lipinski definition) is 1. The molecule has 1 aliphatic carbocycles. The minimum Gasteiger partial charge on any atom is -0.325 e. The van der Waals surface area contributed by atoms with Crippen molar-refractivity contribution in [2.45, 2.75) is 39.0 Å². The van der Waals surface area contributed by atoms with Crippen LogP contribution in [0.25, 0.3) is 0 Å². The van der Waals surface area contributed by atoms with Crippen molar-refractivity contribution in [2.75, 3.05) is 5.32 Å². The molecule has 1 heterocycles. The van der Waals surface area contributed by atoms with Crippen molar-refractivity contribution in [3.63, 3.8) is 0 Å². The maximum Gasteiger partial charge on any atom is 0.238 e. The number of amides is 1. The lowest BCUT2D eigenvalue weighted by molar-refractivity contribution is -0.124. The van der Waals surface area contributed by atoms with Crippen molar-refractivity contribution in [3.8, 4) is 0 Å². The average Bonchev–Trinajstić information content (AvgIpc) is 2.54. The first-order chi connectivity index (χ1) is 10.5. The third-order valence-electron chi connectivity index (χ3n) is 5.20. The van der Waals surface area contributed by atoms with E-state index < -0.39 is 5.41 Å². The molecule has 1 aromatic rings. The highest BCUT2D eigenvalue weighted by Crippen LogP contribution is 2.42. The van der Waals surface area contributed by atoms with Crippen LogP contribution in [0.5, 0.6) is 0 Å². The molecule has 0 saturated heterocycles. The molecule has 4 heteroatoms. The number of nitrogens with one attached hydrogen (secondary N) is 1. The Morgan fingerprint density at radius 3 is 2.55 bits per heavy atom. The topological polar surface area (TPSA) is 63.2 Å². The number of anilines is 1. The van der Waals surface area contributed by atoms with Crippen LogP contribution in [0.1, 0.15) is 49.4 Å². The molecule has 4 nitrogen and oxygen atoms in total. The number of benzene rings is 1. The van der Waals surface area contributed by atoms with Gasteiger partial charge in [0.05, 0.1) is 5.69 Å². The maximum atomic E-state index is 12.8. The van der Waals surface area contributed by atoms with E-state index in [1.54, 1.807) is 19.1 Å². The summed E-state index contributed by atoms with van der Waals surface area (Å²) in [6, 6.07) is 7.18. The van der Waals surface area contributed by atoms with Crippen molar-refractivity contribution in [3.05, 3.63) is 29.8 Å². The Hall–Kier alpha value is -1.97. The average molecular weight is 299 g/mol. The lowest BCUT2D eigenvalue weighted by Crippen LogP contribution is -2.46. The van der Waals surface area contributed by atoms with Gasteiger partial charge in [0.1, 0.15) is 11.7 Å². The van der Waals surface area contributed by atoms with Gasteiger partial charge in [-0.25, -0.2) is 0 Å². The van der Waals surface area contributed by atoms with Crippen LogP contribution >= 0.6 is 0 Å². The zero-order chi connectivity index (χ0) is 15.7. The van der Waals surface area contributed by atoms with Crippen LogP contribution in [0, 0.1) is 17.3 Å². The largest absolute Gasteiger partial charge is 0.325 e. The number of aldehydes is 1. The summed E-state index contributed by atoms with van der Waals surface area (Å²) in [4.78, 5) is 36.2. The molecule has 3 rings (SSSR count). The first-order valence-corrected chi connectivity index (χ1v) is 7.95. The number of Topliss-reactive ketones (excluding diaryl/α,β-unsaturated/α-hetero) is 1. The van der Waals surface area contributed by atoms with Gasteiger partial charge in [-0.2, -0.15) is 0 Å². The van der Waals surface area contributed by atoms with E-state index in [1.165, 1.54) is 0 Å². The quantitative estimate of drug-likeness (QED) is 0.688. The van der Waals surface area contributed by atoms with E-state index in [-0.39, 0.29) is 17.6 Å². The number of para-hydroxylation sites is 1. The first-order valence-electron chi connectivity index (χ1n) is 7.95. The molecule has 1 N–H and O–H groups in total. The second kappa shape index (κ2) is 5.67. The summed E-state index contributed by atoms with van der Waals surface area (Å²) in [7, 11) is 0. The lowest BCUT2D eigenvalue weighted by atomic mass is 9.68. The Balaban J connectivity index is 1.79. The van der Waals surface area contributed by atoms with Gasteiger partial charge in [-0.05, 0) is 57.1 Å². The number of hydrogen-bond acceptors (Lipinski definition) is 3. The highest BCUT2D eigenvalue weighted by molar-refractivity contribution is 6.23. The van der Waals surface area contributed by atoms with E-state index in [1.807, 2.05) is 12.1 Å². The van der Waals surface area contributed by atoms with Crippen LogP contribution in [0.15, 0.2) is 24.3 Å². The second-order valence-electron chi connectivity index (χ2n) is 6.78. The molecule has 0 radical (unpaired) electrons. The predicted molar refractivity (Wildman–Crippen MR) is 83.6 cm³/mol. The first kappa shape index (κ1) is 14.9. The number of carbonyl (C=O) groups is 3. The van der Waals surface area contributed by atoms with Gasteiger partial charge in [0.25, 0.3) is 0 Å². The Kier molecular flexibility index (Phi) is 3.85. The monoisotopic (exact) mass is 299 g/mol. The van der Waals surface area contributed by atoms with Gasteiger partial charge in [0.2, 0.25) is 5.91 Å². The van der Waals surface area contributed by atoms with Crippen molar-refractivity contribution >= 4 is 23.7 Å². The molecule has 0 spiro atoms. The smallest absolute Gasteiger partial charge is 0.238 e. The zero-order valence-corrected chi connectivity index (χ0v) is 12.8. The number of ketones is 1. The molecule has 1 aliphatic heterocycles. The molecule has 1 atom stereocenters. The molecule has 1 fully saturated rings. The molecule has 1 saturated carbocycles. The fourth-order valence-electron chi connectivity index (χ4n) is 3.74. The summed E-state index contributed by atoms with van der Waals surface area (Å²) in [6.07, 6.45) is 5.18. The van der Waals surface area contributed by atoms with E-state index in [2.05, 4.69) is 5.32 Å². The third-order valence-corrected chi connectivity index (χ3v) is 5.20.